The van der Waals surface area contributed by atoms with Crippen molar-refractivity contribution in [1.29, 1.82) is 0 Å². The minimum absolute atomic E-state index is 0.238. The molecule has 4 N–H and O–H groups in total. The van der Waals surface area contributed by atoms with Crippen LogP contribution < -0.4 is 16.4 Å². The van der Waals surface area contributed by atoms with E-state index >= 15 is 0 Å². The third-order valence-corrected chi connectivity index (χ3v) is 2.00. The summed E-state index contributed by atoms with van der Waals surface area (Å²) >= 11 is 4.96. The van der Waals surface area contributed by atoms with Crippen LogP contribution in [0.4, 0.5) is 0 Å². The van der Waals surface area contributed by atoms with E-state index in [4.69, 9.17) is 18.0 Å². The zero-order valence-electron chi connectivity index (χ0n) is 7.27. The van der Waals surface area contributed by atoms with Crippen LogP contribution in [0.3, 0.4) is 0 Å². The van der Waals surface area contributed by atoms with E-state index < -0.39 is 0 Å². The Kier molecular flexibility index (Phi) is 2.28. The lowest BCUT2D eigenvalue weighted by Gasteiger charge is -2.22. The number of nitrogens with one attached hydrogen (secondary N) is 2. The van der Waals surface area contributed by atoms with Crippen molar-refractivity contribution in [2.45, 2.75) is 6.17 Å². The van der Waals surface area contributed by atoms with Crippen LogP contribution in [0.2, 0.25) is 0 Å². The van der Waals surface area contributed by atoms with Gasteiger partial charge in [-0.25, -0.2) is 4.99 Å². The van der Waals surface area contributed by atoms with Crippen LogP contribution in [0.25, 0.3) is 0 Å². The van der Waals surface area contributed by atoms with Crippen LogP contribution in [0, 0.1) is 0 Å². The number of nitrogens with two attached hydrogens (primary N) is 1. The number of aliphatic imine (C=N–C) groups is 1. The summed E-state index contributed by atoms with van der Waals surface area (Å²) < 4.78 is 0. The smallest absolute Gasteiger partial charge is 0.197 e. The highest BCUT2D eigenvalue weighted by atomic mass is 32.1. The van der Waals surface area contributed by atoms with Crippen molar-refractivity contribution in [3.05, 3.63) is 30.1 Å². The van der Waals surface area contributed by atoms with Gasteiger partial charge in [0.05, 0.1) is 0 Å². The maximum Gasteiger partial charge on any atom is 0.197 e. The number of pyridine rings is 1. The molecule has 72 valence electrons. The molecule has 2 rings (SSSR count). The fourth-order valence-electron chi connectivity index (χ4n) is 1.18. The average molecular weight is 207 g/mol. The zero-order valence-corrected chi connectivity index (χ0v) is 8.08. The lowest BCUT2D eigenvalue weighted by atomic mass is 10.2. The van der Waals surface area contributed by atoms with Crippen molar-refractivity contribution in [2.75, 3.05) is 0 Å². The summed E-state index contributed by atoms with van der Waals surface area (Å²) in [6.07, 6.45) is 3.19. The first kappa shape index (κ1) is 8.89. The highest BCUT2D eigenvalue weighted by molar-refractivity contribution is 7.80. The van der Waals surface area contributed by atoms with Gasteiger partial charge in [-0.05, 0) is 18.3 Å². The topological polar surface area (TPSA) is 75.3 Å². The van der Waals surface area contributed by atoms with Gasteiger partial charge < -0.3 is 16.4 Å². The molecule has 1 aromatic rings. The Hall–Kier alpha value is -1.69. The molecular formula is C8H9N5S. The van der Waals surface area contributed by atoms with Crippen LogP contribution in [-0.2, 0) is 0 Å². The fourth-order valence-corrected chi connectivity index (χ4v) is 1.39. The molecule has 1 aliphatic heterocycles. The Morgan fingerprint density at radius 1 is 1.50 bits per heavy atom. The predicted octanol–water partition coefficient (Wildman–Crippen LogP) is -0.127. The molecule has 0 radical (unpaired) electrons. The predicted molar refractivity (Wildman–Crippen MR) is 57.5 cm³/mol. The largest absolute Gasteiger partial charge is 0.370 e. The number of aromatic nitrogens is 1. The molecule has 0 amide bonds. The lowest BCUT2D eigenvalue weighted by Crippen LogP contribution is -2.49. The number of hydrogen-bond donors (Lipinski definition) is 3. The van der Waals surface area contributed by atoms with Crippen molar-refractivity contribution >= 4 is 23.3 Å². The molecule has 0 saturated heterocycles. The van der Waals surface area contributed by atoms with Crippen LogP contribution >= 0.6 is 12.2 Å². The maximum absolute atomic E-state index is 5.54. The van der Waals surface area contributed by atoms with Gasteiger partial charge in [-0.3, -0.25) is 4.98 Å². The normalized spacial score (nSPS) is 20.7. The van der Waals surface area contributed by atoms with Gasteiger partial charge in [0.15, 0.2) is 17.2 Å². The van der Waals surface area contributed by atoms with Crippen molar-refractivity contribution < 1.29 is 0 Å². The second-order valence-electron chi connectivity index (χ2n) is 2.80. The van der Waals surface area contributed by atoms with Crippen LogP contribution in [0.5, 0.6) is 0 Å². The molecule has 14 heavy (non-hydrogen) atoms. The molecule has 0 spiro atoms. The first-order valence-corrected chi connectivity index (χ1v) is 4.47. The third-order valence-electron chi connectivity index (χ3n) is 1.78. The van der Waals surface area contributed by atoms with E-state index in [1.54, 1.807) is 12.4 Å². The van der Waals surface area contributed by atoms with Crippen LogP contribution in [0.1, 0.15) is 11.7 Å². The van der Waals surface area contributed by atoms with E-state index in [9.17, 15) is 0 Å². The first-order chi connectivity index (χ1) is 6.75. The van der Waals surface area contributed by atoms with Crippen molar-refractivity contribution in [3.8, 4) is 0 Å². The minimum atomic E-state index is -0.238. The first-order valence-electron chi connectivity index (χ1n) is 4.06. The number of hydrogen-bond acceptors (Lipinski definition) is 4. The molecule has 0 bridgehead atoms. The van der Waals surface area contributed by atoms with Crippen LogP contribution in [0.15, 0.2) is 29.5 Å². The molecule has 0 aliphatic carbocycles. The van der Waals surface area contributed by atoms with Gasteiger partial charge in [-0.1, -0.05) is 6.07 Å². The average Bonchev–Trinajstić information content (AvgIpc) is 2.18. The zero-order chi connectivity index (χ0) is 9.97. The number of thiocarbonyl (C=S) groups is 1. The summed E-state index contributed by atoms with van der Waals surface area (Å²) in [7, 11) is 0. The van der Waals surface area contributed by atoms with E-state index in [0.717, 1.165) is 5.56 Å². The minimum Gasteiger partial charge on any atom is -0.370 e. The molecule has 1 atom stereocenters. The third kappa shape index (κ3) is 1.80. The lowest BCUT2D eigenvalue weighted by molar-refractivity contribution is 0.657. The standard InChI is InChI=1S/C8H9N5S/c9-7-11-6(12-8(14)13-7)5-2-1-3-10-4-5/h1-4,6H,(H4,9,11,12,13,14)/t6-/m1/s1. The molecule has 5 nitrogen and oxygen atoms in total. The Morgan fingerprint density at radius 2 is 2.36 bits per heavy atom. The van der Waals surface area contributed by atoms with Gasteiger partial charge in [0.25, 0.3) is 0 Å². The molecule has 1 aromatic heterocycles. The van der Waals surface area contributed by atoms with Crippen molar-refractivity contribution in [2.24, 2.45) is 10.7 Å². The summed E-state index contributed by atoms with van der Waals surface area (Å²) in [6.45, 7) is 0. The number of rotatable bonds is 1. The molecule has 0 unspecified atom stereocenters. The molecule has 1 aliphatic rings. The van der Waals surface area contributed by atoms with E-state index in [-0.39, 0.29) is 6.17 Å². The highest BCUT2D eigenvalue weighted by Gasteiger charge is 2.16. The van der Waals surface area contributed by atoms with E-state index in [0.29, 0.717) is 11.1 Å². The van der Waals surface area contributed by atoms with E-state index in [2.05, 4.69) is 20.6 Å². The number of nitrogens with zero attached hydrogens (tertiary/aromatic N) is 2. The Balaban J connectivity index is 2.28. The summed E-state index contributed by atoms with van der Waals surface area (Å²) in [6, 6.07) is 3.75. The number of guanidine groups is 1. The molecular weight excluding hydrogens is 198 g/mol. The Morgan fingerprint density at radius 3 is 3.00 bits per heavy atom. The quantitative estimate of drug-likeness (QED) is 0.559. The fraction of sp³-hybridized carbons (Fsp3) is 0.125. The summed E-state index contributed by atoms with van der Waals surface area (Å²) in [4.78, 5) is 8.14. The van der Waals surface area contributed by atoms with Gasteiger partial charge in [0.2, 0.25) is 0 Å². The monoisotopic (exact) mass is 207 g/mol. The van der Waals surface area contributed by atoms with Crippen molar-refractivity contribution in [1.82, 2.24) is 15.6 Å². The molecule has 2 heterocycles. The highest BCUT2D eigenvalue weighted by Crippen LogP contribution is 2.13. The SMILES string of the molecule is NC1=N[C@@H](c2cccnc2)NC(=S)N1. The van der Waals surface area contributed by atoms with Gasteiger partial charge in [0, 0.05) is 18.0 Å². The molecule has 0 fully saturated rings. The Labute approximate surface area is 86.4 Å². The second kappa shape index (κ2) is 3.59. The van der Waals surface area contributed by atoms with Crippen LogP contribution in [-0.4, -0.2) is 16.1 Å². The van der Waals surface area contributed by atoms with E-state index in [1.165, 1.54) is 0 Å². The van der Waals surface area contributed by atoms with Gasteiger partial charge in [-0.15, -0.1) is 0 Å². The summed E-state index contributed by atoms with van der Waals surface area (Å²) in [5.41, 5.74) is 6.47. The van der Waals surface area contributed by atoms with Crippen molar-refractivity contribution in [3.63, 3.8) is 0 Å². The summed E-state index contributed by atoms with van der Waals surface area (Å²) in [5.74, 6) is 0.322. The summed E-state index contributed by atoms with van der Waals surface area (Å²) in [5, 5.41) is 6.16. The second-order valence-corrected chi connectivity index (χ2v) is 3.21. The van der Waals surface area contributed by atoms with Gasteiger partial charge >= 0.3 is 0 Å². The van der Waals surface area contributed by atoms with Gasteiger partial charge in [-0.2, -0.15) is 0 Å². The Bertz CT molecular complexity index is 375. The molecule has 6 heteroatoms. The van der Waals surface area contributed by atoms with Gasteiger partial charge in [0.1, 0.15) is 0 Å². The molecule has 0 saturated carbocycles. The van der Waals surface area contributed by atoms with E-state index in [1.807, 2.05) is 12.1 Å². The maximum atomic E-state index is 5.54. The molecule has 0 aromatic carbocycles.